The summed E-state index contributed by atoms with van der Waals surface area (Å²) in [6.07, 6.45) is 0. The second-order valence-electron chi connectivity index (χ2n) is 3.48. The van der Waals surface area contributed by atoms with Crippen LogP contribution in [0.1, 0.15) is 19.4 Å². The Balaban J connectivity index is 2.46. The molecule has 88 valence electrons. The molecule has 16 heavy (non-hydrogen) atoms. The molecule has 0 unspecified atom stereocenters. The predicted molar refractivity (Wildman–Crippen MR) is 61.0 cm³/mol. The smallest absolute Gasteiger partial charge is 0.322 e. The van der Waals surface area contributed by atoms with Crippen LogP contribution < -0.4 is 5.32 Å². The quantitative estimate of drug-likeness (QED) is 0.741. The summed E-state index contributed by atoms with van der Waals surface area (Å²) in [5, 5.41) is 12.5. The van der Waals surface area contributed by atoms with Gasteiger partial charge in [-0.2, -0.15) is 0 Å². The van der Waals surface area contributed by atoms with Crippen molar-refractivity contribution in [3.8, 4) is 5.75 Å². The van der Waals surface area contributed by atoms with Crippen LogP contribution in [0.25, 0.3) is 0 Å². The van der Waals surface area contributed by atoms with Crippen LogP contribution in [0.5, 0.6) is 5.75 Å². The predicted octanol–water partition coefficient (Wildman–Crippen LogP) is 1.43. The summed E-state index contributed by atoms with van der Waals surface area (Å²) < 4.78 is 4.86. The van der Waals surface area contributed by atoms with Crippen LogP contribution in [-0.4, -0.2) is 23.7 Å². The molecule has 0 heterocycles. The minimum Gasteiger partial charge on any atom is -0.508 e. The van der Waals surface area contributed by atoms with E-state index in [1.807, 2.05) is 6.07 Å². The number of phenols is 1. The molecular formula is C12H17NO3. The maximum atomic E-state index is 11.3. The molecule has 1 aromatic carbocycles. The van der Waals surface area contributed by atoms with Gasteiger partial charge in [-0.15, -0.1) is 0 Å². The molecular weight excluding hydrogens is 206 g/mol. The number of carbonyl (C=O) groups is 1. The number of phenolic OH excluding ortho intramolecular Hbond substituents is 1. The van der Waals surface area contributed by atoms with Crippen LogP contribution >= 0.6 is 0 Å². The highest BCUT2D eigenvalue weighted by Crippen LogP contribution is 2.14. The van der Waals surface area contributed by atoms with E-state index in [9.17, 15) is 9.90 Å². The first kappa shape index (κ1) is 12.5. The normalized spacial score (nSPS) is 12.1. The molecule has 0 fully saturated rings. The Morgan fingerprint density at radius 1 is 1.50 bits per heavy atom. The number of nitrogens with one attached hydrogen (secondary N) is 1. The third kappa shape index (κ3) is 3.55. The van der Waals surface area contributed by atoms with Crippen molar-refractivity contribution >= 4 is 5.97 Å². The number of carbonyl (C=O) groups excluding carboxylic acids is 1. The van der Waals surface area contributed by atoms with Crippen molar-refractivity contribution in [3.63, 3.8) is 0 Å². The molecule has 0 aliphatic rings. The molecule has 0 aliphatic heterocycles. The van der Waals surface area contributed by atoms with Gasteiger partial charge in [0.15, 0.2) is 0 Å². The number of para-hydroxylation sites is 1. The monoisotopic (exact) mass is 223 g/mol. The Kier molecular flexibility index (Phi) is 4.79. The van der Waals surface area contributed by atoms with Gasteiger partial charge in [0.25, 0.3) is 0 Å². The van der Waals surface area contributed by atoms with E-state index in [-0.39, 0.29) is 17.8 Å². The van der Waals surface area contributed by atoms with Gasteiger partial charge in [-0.1, -0.05) is 18.2 Å². The molecule has 4 heteroatoms. The minimum absolute atomic E-state index is 0.228. The number of rotatable bonds is 5. The Hall–Kier alpha value is -1.55. The summed E-state index contributed by atoms with van der Waals surface area (Å²) in [5.74, 6) is -0.0519. The third-order valence-corrected chi connectivity index (χ3v) is 2.23. The summed E-state index contributed by atoms with van der Waals surface area (Å²) in [5.41, 5.74) is 0.763. The summed E-state index contributed by atoms with van der Waals surface area (Å²) in [7, 11) is 0. The van der Waals surface area contributed by atoms with Crippen molar-refractivity contribution in [2.45, 2.75) is 26.4 Å². The zero-order valence-electron chi connectivity index (χ0n) is 9.56. The highest BCUT2D eigenvalue weighted by Gasteiger charge is 2.13. The first-order valence-corrected chi connectivity index (χ1v) is 5.32. The molecule has 0 bridgehead atoms. The molecule has 0 aliphatic carbocycles. The summed E-state index contributed by atoms with van der Waals surface area (Å²) in [6.45, 7) is 4.32. The number of benzene rings is 1. The van der Waals surface area contributed by atoms with E-state index < -0.39 is 0 Å². The number of hydrogen-bond donors (Lipinski definition) is 2. The Morgan fingerprint density at radius 3 is 2.81 bits per heavy atom. The van der Waals surface area contributed by atoms with Gasteiger partial charge < -0.3 is 15.2 Å². The number of hydrogen-bond acceptors (Lipinski definition) is 4. The number of aromatic hydroxyl groups is 1. The van der Waals surface area contributed by atoms with Crippen molar-refractivity contribution in [1.29, 1.82) is 0 Å². The third-order valence-electron chi connectivity index (χ3n) is 2.23. The Labute approximate surface area is 95.2 Å². The lowest BCUT2D eigenvalue weighted by atomic mass is 10.2. The highest BCUT2D eigenvalue weighted by molar-refractivity contribution is 5.75. The van der Waals surface area contributed by atoms with Gasteiger partial charge in [0, 0.05) is 12.1 Å². The van der Waals surface area contributed by atoms with Gasteiger partial charge >= 0.3 is 5.97 Å². The molecule has 4 nitrogen and oxygen atoms in total. The van der Waals surface area contributed by atoms with E-state index in [2.05, 4.69) is 5.32 Å². The molecule has 1 atom stereocenters. The maximum absolute atomic E-state index is 11.3. The minimum atomic E-state index is -0.375. The average molecular weight is 223 g/mol. The largest absolute Gasteiger partial charge is 0.508 e. The van der Waals surface area contributed by atoms with Crippen molar-refractivity contribution in [1.82, 2.24) is 5.32 Å². The van der Waals surface area contributed by atoms with Crippen molar-refractivity contribution in [3.05, 3.63) is 29.8 Å². The Bertz CT molecular complexity index is 352. The fourth-order valence-electron chi connectivity index (χ4n) is 1.27. The van der Waals surface area contributed by atoms with Crippen LogP contribution in [0.4, 0.5) is 0 Å². The first-order chi connectivity index (χ1) is 7.65. The second-order valence-corrected chi connectivity index (χ2v) is 3.48. The Morgan fingerprint density at radius 2 is 2.19 bits per heavy atom. The van der Waals surface area contributed by atoms with Gasteiger partial charge in [-0.3, -0.25) is 4.79 Å². The zero-order chi connectivity index (χ0) is 12.0. The molecule has 1 rings (SSSR count). The number of esters is 1. The number of ether oxygens (including phenoxy) is 1. The second kappa shape index (κ2) is 6.12. The van der Waals surface area contributed by atoms with Gasteiger partial charge in [-0.05, 0) is 19.9 Å². The van der Waals surface area contributed by atoms with E-state index in [1.54, 1.807) is 32.0 Å². The van der Waals surface area contributed by atoms with Crippen LogP contribution in [0.15, 0.2) is 24.3 Å². The highest BCUT2D eigenvalue weighted by atomic mass is 16.5. The summed E-state index contributed by atoms with van der Waals surface area (Å²) >= 11 is 0. The molecule has 2 N–H and O–H groups in total. The maximum Gasteiger partial charge on any atom is 0.322 e. The molecule has 0 amide bonds. The lowest BCUT2D eigenvalue weighted by Gasteiger charge is -2.12. The van der Waals surface area contributed by atoms with Crippen molar-refractivity contribution < 1.29 is 14.6 Å². The van der Waals surface area contributed by atoms with E-state index in [1.165, 1.54) is 0 Å². The van der Waals surface area contributed by atoms with Crippen LogP contribution in [0.3, 0.4) is 0 Å². The van der Waals surface area contributed by atoms with Crippen LogP contribution in [-0.2, 0) is 16.1 Å². The molecule has 0 spiro atoms. The SMILES string of the molecule is CCOC(=O)[C@H](C)NCc1ccccc1O. The lowest BCUT2D eigenvalue weighted by molar-refractivity contribution is -0.145. The standard InChI is InChI=1S/C12H17NO3/c1-3-16-12(15)9(2)13-8-10-6-4-5-7-11(10)14/h4-7,9,13-14H,3,8H2,1-2H3/t9-/m0/s1. The fourth-order valence-corrected chi connectivity index (χ4v) is 1.27. The van der Waals surface area contributed by atoms with E-state index in [0.29, 0.717) is 13.2 Å². The van der Waals surface area contributed by atoms with Crippen molar-refractivity contribution in [2.75, 3.05) is 6.61 Å². The van der Waals surface area contributed by atoms with E-state index in [0.717, 1.165) is 5.56 Å². The van der Waals surface area contributed by atoms with Crippen LogP contribution in [0, 0.1) is 0 Å². The molecule has 0 saturated carbocycles. The molecule has 0 radical (unpaired) electrons. The van der Waals surface area contributed by atoms with E-state index >= 15 is 0 Å². The van der Waals surface area contributed by atoms with Gasteiger partial charge in [0.2, 0.25) is 0 Å². The molecule has 0 aromatic heterocycles. The van der Waals surface area contributed by atoms with Gasteiger partial charge in [0.05, 0.1) is 6.61 Å². The molecule has 0 saturated heterocycles. The lowest BCUT2D eigenvalue weighted by Crippen LogP contribution is -2.34. The fraction of sp³-hybridized carbons (Fsp3) is 0.417. The zero-order valence-corrected chi connectivity index (χ0v) is 9.56. The summed E-state index contributed by atoms with van der Waals surface area (Å²) in [4.78, 5) is 11.3. The average Bonchev–Trinajstić information content (AvgIpc) is 2.28. The van der Waals surface area contributed by atoms with Crippen molar-refractivity contribution in [2.24, 2.45) is 0 Å². The molecule has 1 aromatic rings. The van der Waals surface area contributed by atoms with Gasteiger partial charge in [-0.25, -0.2) is 0 Å². The van der Waals surface area contributed by atoms with E-state index in [4.69, 9.17) is 4.74 Å². The topological polar surface area (TPSA) is 58.6 Å². The van der Waals surface area contributed by atoms with Gasteiger partial charge in [0.1, 0.15) is 11.8 Å². The van der Waals surface area contributed by atoms with Crippen LogP contribution in [0.2, 0.25) is 0 Å². The summed E-state index contributed by atoms with van der Waals surface area (Å²) in [6, 6.07) is 6.64. The first-order valence-electron chi connectivity index (χ1n) is 5.32.